The van der Waals surface area contributed by atoms with E-state index in [-0.39, 0.29) is 0 Å². The number of pyridine rings is 1. The molecule has 0 aromatic carbocycles. The fourth-order valence-electron chi connectivity index (χ4n) is 2.81. The Bertz CT molecular complexity index is 584. The molecule has 20 heavy (non-hydrogen) atoms. The Morgan fingerprint density at radius 1 is 1.50 bits per heavy atom. The molecule has 0 fully saturated rings. The van der Waals surface area contributed by atoms with Crippen LogP contribution in [0.1, 0.15) is 23.0 Å². The third kappa shape index (κ3) is 2.55. The highest BCUT2D eigenvalue weighted by atomic mass is 35.5. The van der Waals surface area contributed by atoms with E-state index in [0.29, 0.717) is 6.04 Å². The molecule has 106 valence electrons. The van der Waals surface area contributed by atoms with Gasteiger partial charge in [-0.25, -0.2) is 0 Å². The zero-order chi connectivity index (χ0) is 13.9. The topological polar surface area (TPSA) is 28.2 Å². The van der Waals surface area contributed by atoms with Crippen LogP contribution >= 0.6 is 22.9 Å². The minimum absolute atomic E-state index is 0.334. The van der Waals surface area contributed by atoms with Gasteiger partial charge in [0.1, 0.15) is 0 Å². The molecular formula is C15H18ClN3S. The van der Waals surface area contributed by atoms with Gasteiger partial charge in [0.15, 0.2) is 0 Å². The molecular weight excluding hydrogens is 290 g/mol. The fraction of sp³-hybridized carbons (Fsp3) is 0.400. The largest absolute Gasteiger partial charge is 0.362 e. The van der Waals surface area contributed by atoms with Crippen LogP contribution in [0.4, 0.5) is 5.69 Å². The van der Waals surface area contributed by atoms with Crippen molar-refractivity contribution in [2.45, 2.75) is 18.9 Å². The molecule has 0 saturated carbocycles. The molecule has 1 aliphatic heterocycles. The van der Waals surface area contributed by atoms with Crippen LogP contribution in [0.25, 0.3) is 0 Å². The lowest BCUT2D eigenvalue weighted by Gasteiger charge is -2.30. The monoisotopic (exact) mass is 307 g/mol. The maximum Gasteiger partial charge on any atom is 0.0662 e. The summed E-state index contributed by atoms with van der Waals surface area (Å²) in [7, 11) is 1.99. The Labute approximate surface area is 128 Å². The van der Waals surface area contributed by atoms with Gasteiger partial charge in [0, 0.05) is 24.0 Å². The molecule has 1 aliphatic rings. The molecule has 0 aliphatic carbocycles. The molecule has 1 N–H and O–H groups in total. The van der Waals surface area contributed by atoms with Crippen molar-refractivity contribution >= 4 is 28.6 Å². The number of nitrogens with one attached hydrogen (secondary N) is 1. The zero-order valence-electron chi connectivity index (χ0n) is 11.5. The Hall–Kier alpha value is -1.10. The average molecular weight is 308 g/mol. The first-order chi connectivity index (χ1) is 9.81. The Balaban J connectivity index is 1.93. The zero-order valence-corrected chi connectivity index (χ0v) is 13.0. The highest BCUT2D eigenvalue weighted by molar-refractivity contribution is 7.10. The number of hydrogen-bond donors (Lipinski definition) is 1. The van der Waals surface area contributed by atoms with Crippen molar-refractivity contribution in [3.63, 3.8) is 0 Å². The molecule has 5 heteroatoms. The van der Waals surface area contributed by atoms with Gasteiger partial charge in [0.05, 0.1) is 22.4 Å². The van der Waals surface area contributed by atoms with Gasteiger partial charge >= 0.3 is 0 Å². The van der Waals surface area contributed by atoms with Crippen LogP contribution in [0.2, 0.25) is 5.02 Å². The number of nitrogens with zero attached hydrogens (tertiary/aromatic N) is 2. The second-order valence-electron chi connectivity index (χ2n) is 4.95. The SMILES string of the molecule is CNCCC(c1sccc1Cl)N1CCc2ncccc21. The molecule has 3 rings (SSSR count). The summed E-state index contributed by atoms with van der Waals surface area (Å²) >= 11 is 8.11. The van der Waals surface area contributed by atoms with Crippen molar-refractivity contribution in [2.75, 3.05) is 25.0 Å². The summed E-state index contributed by atoms with van der Waals surface area (Å²) in [6.07, 6.45) is 3.95. The number of fused-ring (bicyclic) bond motifs is 1. The Morgan fingerprint density at radius 2 is 2.40 bits per heavy atom. The second kappa shape index (κ2) is 6.12. The van der Waals surface area contributed by atoms with Gasteiger partial charge in [0.2, 0.25) is 0 Å². The number of hydrogen-bond acceptors (Lipinski definition) is 4. The first-order valence-corrected chi connectivity index (χ1v) is 8.15. The molecule has 0 radical (unpaired) electrons. The van der Waals surface area contributed by atoms with E-state index in [2.05, 4.69) is 26.6 Å². The van der Waals surface area contributed by atoms with E-state index < -0.39 is 0 Å². The van der Waals surface area contributed by atoms with Crippen LogP contribution in [0.15, 0.2) is 29.8 Å². The fourth-order valence-corrected chi connectivity index (χ4v) is 4.14. The van der Waals surface area contributed by atoms with E-state index in [1.807, 2.05) is 25.4 Å². The van der Waals surface area contributed by atoms with Gasteiger partial charge in [-0.1, -0.05) is 11.6 Å². The van der Waals surface area contributed by atoms with E-state index >= 15 is 0 Å². The molecule has 3 heterocycles. The lowest BCUT2D eigenvalue weighted by atomic mass is 10.1. The Morgan fingerprint density at radius 3 is 3.15 bits per heavy atom. The van der Waals surface area contributed by atoms with Gasteiger partial charge < -0.3 is 10.2 Å². The third-order valence-electron chi connectivity index (χ3n) is 3.76. The molecule has 0 bridgehead atoms. The third-order valence-corrected chi connectivity index (χ3v) is 5.22. The van der Waals surface area contributed by atoms with Crippen LogP contribution in [-0.2, 0) is 6.42 Å². The van der Waals surface area contributed by atoms with E-state index in [1.54, 1.807) is 11.3 Å². The van der Waals surface area contributed by atoms with Crippen LogP contribution in [0.5, 0.6) is 0 Å². The summed E-state index contributed by atoms with van der Waals surface area (Å²) in [5.74, 6) is 0. The lowest BCUT2D eigenvalue weighted by molar-refractivity contribution is 0.576. The van der Waals surface area contributed by atoms with Crippen molar-refractivity contribution in [3.8, 4) is 0 Å². The van der Waals surface area contributed by atoms with E-state index in [0.717, 1.165) is 31.0 Å². The normalized spacial score (nSPS) is 15.4. The maximum atomic E-state index is 6.37. The van der Waals surface area contributed by atoms with Crippen molar-refractivity contribution in [1.29, 1.82) is 0 Å². The number of thiophene rings is 1. The Kier molecular flexibility index (Phi) is 4.24. The standard InChI is InChI=1S/C15H18ClN3S/c1-17-8-4-14(15-11(16)6-10-20-15)19-9-5-12-13(19)3-2-7-18-12/h2-3,6-7,10,14,17H,4-5,8-9H2,1H3. The summed E-state index contributed by atoms with van der Waals surface area (Å²) in [4.78, 5) is 8.21. The predicted octanol–water partition coefficient (Wildman–Crippen LogP) is 3.51. The second-order valence-corrected chi connectivity index (χ2v) is 6.31. The summed E-state index contributed by atoms with van der Waals surface area (Å²) in [5.41, 5.74) is 2.47. The predicted molar refractivity (Wildman–Crippen MR) is 85.9 cm³/mol. The van der Waals surface area contributed by atoms with Crippen molar-refractivity contribution in [1.82, 2.24) is 10.3 Å². The van der Waals surface area contributed by atoms with Crippen molar-refractivity contribution in [2.24, 2.45) is 0 Å². The van der Waals surface area contributed by atoms with Crippen LogP contribution in [0, 0.1) is 0 Å². The highest BCUT2D eigenvalue weighted by Gasteiger charge is 2.29. The van der Waals surface area contributed by atoms with E-state index in [4.69, 9.17) is 11.6 Å². The maximum absolute atomic E-state index is 6.37. The highest BCUT2D eigenvalue weighted by Crippen LogP contribution is 2.40. The van der Waals surface area contributed by atoms with Crippen molar-refractivity contribution in [3.05, 3.63) is 45.4 Å². The summed E-state index contributed by atoms with van der Waals surface area (Å²) in [6.45, 7) is 2.00. The molecule has 2 aromatic rings. The number of anilines is 1. The molecule has 2 aromatic heterocycles. The summed E-state index contributed by atoms with van der Waals surface area (Å²) < 4.78 is 0. The van der Waals surface area contributed by atoms with Crippen LogP contribution < -0.4 is 10.2 Å². The summed E-state index contributed by atoms with van der Waals surface area (Å²) in [5, 5.41) is 6.20. The molecule has 0 amide bonds. The van der Waals surface area contributed by atoms with E-state index in [9.17, 15) is 0 Å². The van der Waals surface area contributed by atoms with Gasteiger partial charge in [-0.05, 0) is 43.6 Å². The van der Waals surface area contributed by atoms with Crippen LogP contribution in [0.3, 0.4) is 0 Å². The average Bonchev–Trinajstić information content (AvgIpc) is 3.07. The minimum atomic E-state index is 0.334. The van der Waals surface area contributed by atoms with Crippen molar-refractivity contribution < 1.29 is 0 Å². The molecule has 3 nitrogen and oxygen atoms in total. The quantitative estimate of drug-likeness (QED) is 0.916. The van der Waals surface area contributed by atoms with Gasteiger partial charge in [-0.2, -0.15) is 0 Å². The number of aromatic nitrogens is 1. The van der Waals surface area contributed by atoms with Gasteiger partial charge in [0.25, 0.3) is 0 Å². The summed E-state index contributed by atoms with van der Waals surface area (Å²) in [6, 6.07) is 6.51. The van der Waals surface area contributed by atoms with Crippen LogP contribution in [-0.4, -0.2) is 25.1 Å². The van der Waals surface area contributed by atoms with E-state index in [1.165, 1.54) is 16.3 Å². The molecule has 1 atom stereocenters. The first-order valence-electron chi connectivity index (χ1n) is 6.89. The molecule has 1 unspecified atom stereocenters. The van der Waals surface area contributed by atoms with Gasteiger partial charge in [-0.3, -0.25) is 4.98 Å². The van der Waals surface area contributed by atoms with Gasteiger partial charge in [-0.15, -0.1) is 11.3 Å². The first kappa shape index (κ1) is 13.9. The molecule has 0 spiro atoms. The molecule has 0 saturated heterocycles. The number of halogens is 1. The smallest absolute Gasteiger partial charge is 0.0662 e. The minimum Gasteiger partial charge on any atom is -0.362 e. The lowest BCUT2D eigenvalue weighted by Crippen LogP contribution is -2.29. The number of rotatable bonds is 5.